The lowest BCUT2D eigenvalue weighted by Gasteiger charge is -1.90. The zero-order valence-corrected chi connectivity index (χ0v) is 26.1. The molecule has 1 saturated heterocycles. The van der Waals surface area contributed by atoms with Gasteiger partial charge in [0.2, 0.25) is 0 Å². The molecule has 0 radical (unpaired) electrons. The van der Waals surface area contributed by atoms with E-state index in [-0.39, 0.29) is 5.78 Å². The Balaban J connectivity index is 0.000000154. The highest BCUT2D eigenvalue weighted by atomic mass is 79.9. The van der Waals surface area contributed by atoms with Crippen LogP contribution < -0.4 is 5.73 Å². The second kappa shape index (κ2) is 15.7. The lowest BCUT2D eigenvalue weighted by Crippen LogP contribution is -2.18. The van der Waals surface area contributed by atoms with E-state index in [0.717, 1.165) is 56.0 Å². The number of aromatic nitrogens is 3. The van der Waals surface area contributed by atoms with Crippen LogP contribution in [0.25, 0.3) is 21.0 Å². The molecule has 5 aromatic rings. The summed E-state index contributed by atoms with van der Waals surface area (Å²) >= 11 is 8.00. The van der Waals surface area contributed by atoms with E-state index in [0.29, 0.717) is 16.6 Å². The minimum absolute atomic E-state index is 0.0623. The highest BCUT2D eigenvalue weighted by Crippen LogP contribution is 2.28. The van der Waals surface area contributed by atoms with Gasteiger partial charge in [-0.2, -0.15) is 10.2 Å². The molecular weight excluding hydrogens is 660 g/mol. The minimum Gasteiger partial charge on any atom is -0.477 e. The molecule has 2 aromatic carbocycles. The van der Waals surface area contributed by atoms with Gasteiger partial charge in [0.25, 0.3) is 0 Å². The molecule has 0 bridgehead atoms. The molecule has 8 nitrogen and oxygen atoms in total. The summed E-state index contributed by atoms with van der Waals surface area (Å²) in [6.45, 7) is 5.28. The number of hydrogen-bond acceptors (Lipinski definition) is 7. The van der Waals surface area contributed by atoms with Gasteiger partial charge in [-0.3, -0.25) is 4.79 Å². The van der Waals surface area contributed by atoms with Crippen LogP contribution in [0.1, 0.15) is 46.0 Å². The Hall–Kier alpha value is -2.96. The zero-order valence-electron chi connectivity index (χ0n) is 22.1. The van der Waals surface area contributed by atoms with Gasteiger partial charge in [-0.1, -0.05) is 50.9 Å². The molecule has 0 spiro atoms. The number of hydrogen-bond donors (Lipinski definition) is 3. The van der Waals surface area contributed by atoms with Crippen molar-refractivity contribution in [3.8, 4) is 0 Å². The monoisotopic (exact) mass is 688 g/mol. The largest absolute Gasteiger partial charge is 0.477 e. The number of H-pyrrole nitrogens is 1. The van der Waals surface area contributed by atoms with Crippen LogP contribution in [0.4, 0.5) is 0 Å². The number of Topliss-reactive ketones (excluding diaryl/α,β-unsaturated/α-hetero) is 1. The van der Waals surface area contributed by atoms with Crippen LogP contribution in [0.5, 0.6) is 0 Å². The fourth-order valence-electron chi connectivity index (χ4n) is 3.48. The summed E-state index contributed by atoms with van der Waals surface area (Å²) in [4.78, 5) is 25.1. The molecule has 40 heavy (non-hydrogen) atoms. The van der Waals surface area contributed by atoms with Crippen LogP contribution in [0.3, 0.4) is 0 Å². The van der Waals surface area contributed by atoms with Crippen LogP contribution in [0.15, 0.2) is 75.9 Å². The molecule has 0 saturated carbocycles. The van der Waals surface area contributed by atoms with Crippen molar-refractivity contribution in [3.05, 3.63) is 92.1 Å². The van der Waals surface area contributed by atoms with Crippen molar-refractivity contribution in [1.82, 2.24) is 15.2 Å². The van der Waals surface area contributed by atoms with E-state index in [1.54, 1.807) is 25.4 Å². The molecule has 4 N–H and O–H groups in total. The van der Waals surface area contributed by atoms with Crippen molar-refractivity contribution in [1.29, 1.82) is 0 Å². The summed E-state index contributed by atoms with van der Waals surface area (Å²) in [5.41, 5.74) is 8.29. The van der Waals surface area contributed by atoms with Gasteiger partial charge >= 0.3 is 5.97 Å². The lowest BCUT2D eigenvalue weighted by molar-refractivity contribution is 0.0702. The van der Waals surface area contributed by atoms with Crippen LogP contribution in [0.2, 0.25) is 0 Å². The van der Waals surface area contributed by atoms with Crippen molar-refractivity contribution < 1.29 is 19.4 Å². The summed E-state index contributed by atoms with van der Waals surface area (Å²) in [6.07, 6.45) is 5.56. The molecule has 0 amide bonds. The summed E-state index contributed by atoms with van der Waals surface area (Å²) in [6, 6.07) is 17.5. The van der Waals surface area contributed by atoms with E-state index in [2.05, 4.69) is 54.0 Å². The van der Waals surface area contributed by atoms with Crippen LogP contribution in [-0.2, 0) is 11.2 Å². The lowest BCUT2D eigenvalue weighted by atomic mass is 10.2. The van der Waals surface area contributed by atoms with E-state index in [1.165, 1.54) is 16.9 Å². The number of nitrogens with one attached hydrogen (secondary N) is 1. The number of aromatic amines is 1. The van der Waals surface area contributed by atoms with Gasteiger partial charge < -0.3 is 20.6 Å². The Morgan fingerprint density at radius 2 is 1.80 bits per heavy atom. The fourth-order valence-corrected chi connectivity index (χ4v) is 5.29. The van der Waals surface area contributed by atoms with Gasteiger partial charge in [-0.05, 0) is 66.3 Å². The third kappa shape index (κ3) is 9.90. The number of ketones is 1. The van der Waals surface area contributed by atoms with Crippen LogP contribution >= 0.6 is 43.2 Å². The molecule has 1 fully saturated rings. The van der Waals surface area contributed by atoms with Crippen LogP contribution in [-0.4, -0.2) is 51.3 Å². The van der Waals surface area contributed by atoms with Gasteiger partial charge in [-0.25, -0.2) is 4.79 Å². The molecule has 210 valence electrons. The Kier molecular flexibility index (Phi) is 12.4. The first kappa shape index (κ1) is 31.6. The first-order valence-corrected chi connectivity index (χ1v) is 14.9. The summed E-state index contributed by atoms with van der Waals surface area (Å²) in [5, 5.41) is 18.1. The molecule has 1 unspecified atom stereocenters. The molecule has 11 heteroatoms. The number of benzene rings is 2. The Morgan fingerprint density at radius 3 is 2.33 bits per heavy atom. The maximum Gasteiger partial charge on any atom is 0.345 e. The third-order valence-corrected chi connectivity index (χ3v) is 7.75. The number of carboxylic acid groups (broad SMARTS) is 1. The quantitative estimate of drug-likeness (QED) is 0.170. The maximum absolute atomic E-state index is 11.1. The number of ether oxygens (including phenoxy) is 1. The Morgan fingerprint density at radius 1 is 1.07 bits per heavy atom. The van der Waals surface area contributed by atoms with E-state index in [1.807, 2.05) is 48.5 Å². The first-order chi connectivity index (χ1) is 19.2. The number of rotatable bonds is 3. The predicted molar refractivity (Wildman–Crippen MR) is 167 cm³/mol. The third-order valence-electron chi connectivity index (χ3n) is 5.68. The number of carboxylic acids is 1. The average molecular weight is 690 g/mol. The molecular formula is C29H30Br2N4O4S. The summed E-state index contributed by atoms with van der Waals surface area (Å²) < 4.78 is 7.91. The summed E-state index contributed by atoms with van der Waals surface area (Å²) in [7, 11) is 0. The highest BCUT2D eigenvalue weighted by molar-refractivity contribution is 9.10. The summed E-state index contributed by atoms with van der Waals surface area (Å²) in [5.74, 6) is -0.801. The number of halogens is 2. The predicted octanol–water partition coefficient (Wildman–Crippen LogP) is 7.27. The number of carbonyl (C=O) groups excluding carboxylic acids is 1. The normalized spacial score (nSPS) is 13.9. The van der Waals surface area contributed by atoms with Crippen molar-refractivity contribution in [3.63, 3.8) is 0 Å². The van der Waals surface area contributed by atoms with E-state index in [9.17, 15) is 9.59 Å². The van der Waals surface area contributed by atoms with E-state index < -0.39 is 5.97 Å². The van der Waals surface area contributed by atoms with Crippen molar-refractivity contribution in [2.45, 2.75) is 32.7 Å². The number of fused-ring (bicyclic) bond motifs is 2. The Labute approximate surface area is 253 Å². The topological polar surface area (TPSA) is 131 Å². The SMILES string of the molecule is CC(=O)c1cc2ccc(Br)cc2[nH]1.CCc1ccnnc1.NC1CCOC1.O=C(O)c1cc2ccc(Br)cc2s1. The van der Waals surface area contributed by atoms with Gasteiger partial charge in [0, 0.05) is 50.3 Å². The number of nitrogens with zero attached hydrogens (tertiary/aromatic N) is 2. The van der Waals surface area contributed by atoms with E-state index >= 15 is 0 Å². The fraction of sp³-hybridized carbons (Fsp3) is 0.241. The molecule has 6 rings (SSSR count). The number of thiophene rings is 1. The Bertz CT molecular complexity index is 1460. The standard InChI is InChI=1S/C10H8BrNO.C9H5BrO2S.C6H8N2.C4H9NO/c1-6(13)9-4-7-2-3-8(11)5-10(7)12-9;10-6-2-1-5-3-8(9(11)12)13-7(5)4-6;1-2-6-3-4-7-8-5-6;5-4-1-2-6-3-4/h2-5,12H,1H3;1-4H,(H,11,12);3-5H,2H2,1H3;4H,1-3,5H2. The zero-order chi connectivity index (χ0) is 29.1. The molecule has 3 aromatic heterocycles. The van der Waals surface area contributed by atoms with Crippen molar-refractivity contribution in [2.24, 2.45) is 5.73 Å². The maximum atomic E-state index is 11.1. The molecule has 4 heterocycles. The van der Waals surface area contributed by atoms with Gasteiger partial charge in [0.1, 0.15) is 4.88 Å². The molecule has 1 aliphatic heterocycles. The van der Waals surface area contributed by atoms with Crippen molar-refractivity contribution in [2.75, 3.05) is 13.2 Å². The minimum atomic E-state index is -0.864. The highest BCUT2D eigenvalue weighted by Gasteiger charge is 2.09. The molecule has 1 aliphatic rings. The number of aromatic carboxylic acids is 1. The molecule has 1 atom stereocenters. The average Bonchev–Trinajstić information content (AvgIpc) is 3.69. The smallest absolute Gasteiger partial charge is 0.345 e. The second-order valence-corrected chi connectivity index (χ2v) is 11.7. The van der Waals surface area contributed by atoms with Crippen molar-refractivity contribution >= 4 is 75.9 Å². The van der Waals surface area contributed by atoms with Gasteiger partial charge in [-0.15, -0.1) is 11.3 Å². The number of nitrogens with two attached hydrogens (primary N) is 1. The second-order valence-electron chi connectivity index (χ2n) is 8.80. The van der Waals surface area contributed by atoms with E-state index in [4.69, 9.17) is 15.6 Å². The number of aryl methyl sites for hydroxylation is 1. The van der Waals surface area contributed by atoms with Gasteiger partial charge in [0.15, 0.2) is 5.78 Å². The number of carbonyl (C=O) groups is 2. The van der Waals surface area contributed by atoms with Gasteiger partial charge in [0.05, 0.1) is 18.5 Å². The first-order valence-electron chi connectivity index (χ1n) is 12.5. The van der Waals surface area contributed by atoms with Crippen LogP contribution in [0, 0.1) is 0 Å². The molecule has 0 aliphatic carbocycles.